The number of benzene rings is 2. The van der Waals surface area contributed by atoms with Crippen LogP contribution in [-0.2, 0) is 32.3 Å². The average molecular weight is 672 g/mol. The second-order valence-corrected chi connectivity index (χ2v) is 14.2. The van der Waals surface area contributed by atoms with Crippen molar-refractivity contribution in [1.29, 1.82) is 0 Å². The molecule has 0 unspecified atom stereocenters. The molecule has 0 bridgehead atoms. The number of nitrogens with zero attached hydrogens (tertiary/aromatic N) is 1. The first kappa shape index (κ1) is 39.2. The van der Waals surface area contributed by atoms with E-state index in [1.54, 1.807) is 4.90 Å². The minimum absolute atomic E-state index is 0.144. The van der Waals surface area contributed by atoms with Crippen molar-refractivity contribution in [3.63, 3.8) is 0 Å². The molecule has 10 heteroatoms. The monoisotopic (exact) mass is 671 g/mol. The van der Waals surface area contributed by atoms with E-state index in [1.807, 2.05) is 60.7 Å². The third kappa shape index (κ3) is 17.1. The lowest BCUT2D eigenvalue weighted by Crippen LogP contribution is -2.49. The van der Waals surface area contributed by atoms with Crippen LogP contribution in [0.15, 0.2) is 60.7 Å². The zero-order valence-corrected chi connectivity index (χ0v) is 29.2. The molecule has 2 atom stereocenters. The first-order chi connectivity index (χ1) is 22.3. The molecule has 0 aliphatic heterocycles. The average Bonchev–Trinajstić information content (AvgIpc) is 3.05. The van der Waals surface area contributed by atoms with Gasteiger partial charge in [-0.05, 0) is 24.0 Å². The van der Waals surface area contributed by atoms with E-state index in [0.717, 1.165) is 75.3 Å². The van der Waals surface area contributed by atoms with Gasteiger partial charge in [0.2, 0.25) is 17.7 Å². The fraction of sp³-hybridized carbons (Fsp3) is 0.556. The van der Waals surface area contributed by atoms with Crippen LogP contribution in [0.25, 0.3) is 0 Å². The summed E-state index contributed by atoms with van der Waals surface area (Å²) in [5.74, 6) is -1.28. The second-order valence-electron chi connectivity index (χ2n) is 11.6. The van der Waals surface area contributed by atoms with Gasteiger partial charge in [0.1, 0.15) is 12.1 Å². The Morgan fingerprint density at radius 3 is 1.48 bits per heavy atom. The van der Waals surface area contributed by atoms with Crippen LogP contribution in [0.3, 0.4) is 0 Å². The largest absolute Gasteiger partial charge is 0.480 e. The Bertz CT molecular complexity index is 1110. The smallest absolute Gasteiger partial charge is 0.327 e. The van der Waals surface area contributed by atoms with Crippen LogP contribution in [-0.4, -0.2) is 57.3 Å². The van der Waals surface area contributed by atoms with Gasteiger partial charge in [-0.25, -0.2) is 4.79 Å². The standard InChI is InChI=1S/C36H53N3O5S2/c1-3-5-7-9-17-23-33(40)37-31(27-45-46-28-32(36(43)44)38-34(41)24-18-10-8-6-4-2)35(42)39(25-29-19-13-11-14-20-29)26-30-21-15-12-16-22-30/h11-16,19-22,31-32H,3-10,17-18,23-28H2,1-2H3,(H,37,40)(H,38,41)(H,43,44)/t31-,32-/m0/s1. The summed E-state index contributed by atoms with van der Waals surface area (Å²) in [6, 6.07) is 17.7. The zero-order chi connectivity index (χ0) is 33.4. The summed E-state index contributed by atoms with van der Waals surface area (Å²) < 4.78 is 0. The van der Waals surface area contributed by atoms with E-state index >= 15 is 0 Å². The van der Waals surface area contributed by atoms with Gasteiger partial charge in [-0.1, -0.05) is 147 Å². The summed E-state index contributed by atoms with van der Waals surface area (Å²) in [6.07, 6.45) is 10.8. The molecule has 8 nitrogen and oxygen atoms in total. The van der Waals surface area contributed by atoms with Crippen molar-refractivity contribution in [2.75, 3.05) is 11.5 Å². The molecule has 0 spiro atoms. The molecule has 0 aliphatic rings. The number of rotatable bonds is 25. The van der Waals surface area contributed by atoms with Crippen LogP contribution in [0.1, 0.15) is 102 Å². The van der Waals surface area contributed by atoms with Crippen LogP contribution < -0.4 is 10.6 Å². The first-order valence-electron chi connectivity index (χ1n) is 16.8. The van der Waals surface area contributed by atoms with Gasteiger partial charge in [-0.2, -0.15) is 0 Å². The van der Waals surface area contributed by atoms with Crippen molar-refractivity contribution in [3.05, 3.63) is 71.8 Å². The maximum absolute atomic E-state index is 14.1. The minimum Gasteiger partial charge on any atom is -0.480 e. The minimum atomic E-state index is -1.09. The Kier molecular flexibility index (Phi) is 20.6. The highest BCUT2D eigenvalue weighted by Crippen LogP contribution is 2.25. The van der Waals surface area contributed by atoms with Crippen molar-refractivity contribution >= 4 is 45.3 Å². The number of carbonyl (C=O) groups excluding carboxylic acids is 3. The molecule has 3 amide bonds. The molecule has 46 heavy (non-hydrogen) atoms. The van der Waals surface area contributed by atoms with Crippen molar-refractivity contribution in [2.24, 2.45) is 0 Å². The maximum atomic E-state index is 14.1. The Balaban J connectivity index is 2.06. The highest BCUT2D eigenvalue weighted by atomic mass is 33.1. The van der Waals surface area contributed by atoms with Gasteiger partial charge in [0, 0.05) is 37.4 Å². The summed E-state index contributed by atoms with van der Waals surface area (Å²) >= 11 is 0. The molecule has 0 aliphatic carbocycles. The van der Waals surface area contributed by atoms with Crippen LogP contribution in [0.2, 0.25) is 0 Å². The molecule has 2 aromatic carbocycles. The van der Waals surface area contributed by atoms with Gasteiger partial charge >= 0.3 is 5.97 Å². The van der Waals surface area contributed by atoms with Crippen molar-refractivity contribution in [1.82, 2.24) is 15.5 Å². The van der Waals surface area contributed by atoms with Gasteiger partial charge in [-0.15, -0.1) is 0 Å². The number of carbonyl (C=O) groups is 4. The highest BCUT2D eigenvalue weighted by Gasteiger charge is 2.27. The van der Waals surface area contributed by atoms with Gasteiger partial charge in [0.15, 0.2) is 0 Å². The van der Waals surface area contributed by atoms with Gasteiger partial charge in [0.25, 0.3) is 0 Å². The third-order valence-corrected chi connectivity index (χ3v) is 10.0. The molecular formula is C36H53N3O5S2. The summed E-state index contributed by atoms with van der Waals surface area (Å²) in [7, 11) is 2.62. The molecular weight excluding hydrogens is 619 g/mol. The van der Waals surface area contributed by atoms with E-state index in [0.29, 0.717) is 25.9 Å². The van der Waals surface area contributed by atoms with Crippen LogP contribution >= 0.6 is 21.6 Å². The van der Waals surface area contributed by atoms with Crippen molar-refractivity contribution < 1.29 is 24.3 Å². The zero-order valence-electron chi connectivity index (χ0n) is 27.6. The number of hydrogen-bond acceptors (Lipinski definition) is 6. The van der Waals surface area contributed by atoms with Crippen LogP contribution in [0.5, 0.6) is 0 Å². The molecule has 0 saturated heterocycles. The van der Waals surface area contributed by atoms with E-state index in [4.69, 9.17) is 0 Å². The Morgan fingerprint density at radius 1 is 0.630 bits per heavy atom. The number of carboxylic acids is 1. The SMILES string of the molecule is CCCCCCCC(=O)N[C@@H](CSSC[C@H](NC(=O)CCCCCCC)C(=O)N(Cc1ccccc1)Cc1ccccc1)C(=O)O. The number of amides is 3. The molecule has 0 aromatic heterocycles. The Hall–Kier alpha value is -2.98. The number of unbranched alkanes of at least 4 members (excludes halogenated alkanes) is 8. The summed E-state index contributed by atoms with van der Waals surface area (Å²) in [5, 5.41) is 15.3. The summed E-state index contributed by atoms with van der Waals surface area (Å²) in [4.78, 5) is 53.1. The van der Waals surface area contributed by atoms with Crippen molar-refractivity contribution in [3.8, 4) is 0 Å². The number of nitrogens with one attached hydrogen (secondary N) is 2. The number of carboxylic acid groups (broad SMARTS) is 1. The third-order valence-electron chi connectivity index (χ3n) is 7.58. The fourth-order valence-corrected chi connectivity index (χ4v) is 7.24. The quantitative estimate of drug-likeness (QED) is 0.0746. The number of hydrogen-bond donors (Lipinski definition) is 3. The summed E-state index contributed by atoms with van der Waals surface area (Å²) in [6.45, 7) is 5.06. The predicted octanol–water partition coefficient (Wildman–Crippen LogP) is 7.37. The van der Waals surface area contributed by atoms with E-state index < -0.39 is 18.1 Å². The first-order valence-corrected chi connectivity index (χ1v) is 19.2. The van der Waals surface area contributed by atoms with E-state index in [1.165, 1.54) is 21.6 Å². The van der Waals surface area contributed by atoms with Crippen LogP contribution in [0.4, 0.5) is 0 Å². The summed E-state index contributed by atoms with van der Waals surface area (Å²) in [5.41, 5.74) is 1.97. The lowest BCUT2D eigenvalue weighted by molar-refractivity contribution is -0.141. The molecule has 0 fully saturated rings. The van der Waals surface area contributed by atoms with E-state index in [9.17, 15) is 24.3 Å². The normalized spacial score (nSPS) is 12.2. The fourth-order valence-electron chi connectivity index (χ4n) is 4.93. The predicted molar refractivity (Wildman–Crippen MR) is 190 cm³/mol. The molecule has 254 valence electrons. The van der Waals surface area contributed by atoms with Gasteiger partial charge < -0.3 is 20.6 Å². The molecule has 0 saturated carbocycles. The molecule has 2 aromatic rings. The maximum Gasteiger partial charge on any atom is 0.327 e. The molecule has 0 heterocycles. The van der Waals surface area contributed by atoms with Crippen LogP contribution in [0, 0.1) is 0 Å². The van der Waals surface area contributed by atoms with E-state index in [2.05, 4.69) is 24.5 Å². The van der Waals surface area contributed by atoms with Crippen molar-refractivity contribution in [2.45, 2.75) is 116 Å². The lowest BCUT2D eigenvalue weighted by Gasteiger charge is -2.28. The molecule has 0 radical (unpaired) electrons. The van der Waals surface area contributed by atoms with E-state index in [-0.39, 0.29) is 29.2 Å². The second kappa shape index (κ2) is 24.2. The van der Waals surface area contributed by atoms with Gasteiger partial charge in [0.05, 0.1) is 0 Å². The highest BCUT2D eigenvalue weighted by molar-refractivity contribution is 8.76. The lowest BCUT2D eigenvalue weighted by atomic mass is 10.1. The molecule has 3 N–H and O–H groups in total. The van der Waals surface area contributed by atoms with Gasteiger partial charge in [-0.3, -0.25) is 14.4 Å². The molecule has 2 rings (SSSR count). The Morgan fingerprint density at radius 2 is 1.04 bits per heavy atom. The Labute approximate surface area is 283 Å². The topological polar surface area (TPSA) is 116 Å². The number of aliphatic carboxylic acids is 1.